The van der Waals surface area contributed by atoms with Crippen LogP contribution in [0.2, 0.25) is 0 Å². The number of benzene rings is 1. The molecule has 0 unspecified atom stereocenters. The van der Waals surface area contributed by atoms with Crippen LogP contribution in [0.15, 0.2) is 30.5 Å². The fraction of sp³-hybridized carbons (Fsp3) is 0.267. The average molecular weight is 314 g/mol. The summed E-state index contributed by atoms with van der Waals surface area (Å²) in [7, 11) is 6.86. The Morgan fingerprint density at radius 1 is 1.04 bits per heavy atom. The van der Waals surface area contributed by atoms with Gasteiger partial charge in [0.25, 0.3) is 0 Å². The molecule has 3 aromatic rings. The number of para-hydroxylation sites is 1. The van der Waals surface area contributed by atoms with Crippen LogP contribution in [0.1, 0.15) is 0 Å². The van der Waals surface area contributed by atoms with Crippen molar-refractivity contribution in [3.05, 3.63) is 30.5 Å². The molecule has 2 heterocycles. The third kappa shape index (κ3) is 2.48. The van der Waals surface area contributed by atoms with E-state index in [0.29, 0.717) is 34.7 Å². The van der Waals surface area contributed by atoms with Gasteiger partial charge >= 0.3 is 0 Å². The van der Waals surface area contributed by atoms with Crippen LogP contribution in [0.25, 0.3) is 17.2 Å². The van der Waals surface area contributed by atoms with E-state index in [-0.39, 0.29) is 0 Å². The maximum atomic E-state index is 5.50. The molecule has 120 valence electrons. The number of nitrogens with zero attached hydrogens (tertiary/aromatic N) is 5. The highest BCUT2D eigenvalue weighted by molar-refractivity contribution is 5.66. The number of anilines is 1. The largest absolute Gasteiger partial charge is 0.494 e. The summed E-state index contributed by atoms with van der Waals surface area (Å²) in [4.78, 5) is 0. The van der Waals surface area contributed by atoms with Gasteiger partial charge in [-0.15, -0.1) is 10.2 Å². The van der Waals surface area contributed by atoms with Crippen LogP contribution in [-0.2, 0) is 7.05 Å². The fourth-order valence-electron chi connectivity index (χ4n) is 2.41. The third-order valence-electron chi connectivity index (χ3n) is 3.45. The van der Waals surface area contributed by atoms with Gasteiger partial charge in [0, 0.05) is 20.3 Å². The summed E-state index contributed by atoms with van der Waals surface area (Å²) in [5.74, 6) is 2.46. The predicted molar refractivity (Wildman–Crippen MR) is 86.2 cm³/mol. The number of nitrogens with one attached hydrogen (secondary N) is 1. The van der Waals surface area contributed by atoms with Crippen molar-refractivity contribution in [3.63, 3.8) is 0 Å². The lowest BCUT2D eigenvalue weighted by molar-refractivity contribution is 0.391. The molecule has 23 heavy (non-hydrogen) atoms. The SMILES string of the molecule is CNc1nnc(-c2ccn(C)n2)n1-c1c(OC)cccc1OC. The minimum Gasteiger partial charge on any atom is -0.494 e. The normalized spacial score (nSPS) is 10.6. The molecule has 0 saturated carbocycles. The van der Waals surface area contributed by atoms with E-state index in [0.717, 1.165) is 0 Å². The van der Waals surface area contributed by atoms with Gasteiger partial charge in [-0.25, -0.2) is 0 Å². The van der Waals surface area contributed by atoms with E-state index in [9.17, 15) is 0 Å². The maximum Gasteiger partial charge on any atom is 0.229 e. The summed E-state index contributed by atoms with van der Waals surface area (Å²) in [5, 5.41) is 15.9. The van der Waals surface area contributed by atoms with Gasteiger partial charge in [0.15, 0.2) is 5.82 Å². The van der Waals surface area contributed by atoms with Crippen molar-refractivity contribution in [1.29, 1.82) is 0 Å². The second-order valence-electron chi connectivity index (χ2n) is 4.82. The predicted octanol–water partition coefficient (Wildman–Crippen LogP) is 1.73. The van der Waals surface area contributed by atoms with E-state index >= 15 is 0 Å². The highest BCUT2D eigenvalue weighted by Crippen LogP contribution is 2.36. The van der Waals surface area contributed by atoms with Crippen LogP contribution in [-0.4, -0.2) is 45.8 Å². The standard InChI is InChI=1S/C15H18N6O2/c1-16-15-18-17-14(10-8-9-20(2)19-10)21(15)13-11(22-3)6-5-7-12(13)23-4/h5-9H,1-4H3,(H,16,18). The van der Waals surface area contributed by atoms with Crippen molar-refractivity contribution >= 4 is 5.95 Å². The molecular formula is C15H18N6O2. The quantitative estimate of drug-likeness (QED) is 0.772. The fourth-order valence-corrected chi connectivity index (χ4v) is 2.41. The second kappa shape index (κ2) is 5.99. The molecule has 0 aliphatic rings. The first-order valence-corrected chi connectivity index (χ1v) is 7.04. The Kier molecular flexibility index (Phi) is 3.88. The third-order valence-corrected chi connectivity index (χ3v) is 3.45. The summed E-state index contributed by atoms with van der Waals surface area (Å²) in [6.07, 6.45) is 1.85. The van der Waals surface area contributed by atoms with Crippen LogP contribution in [0, 0.1) is 0 Å². The molecule has 0 bridgehead atoms. The Balaban J connectivity index is 2.30. The van der Waals surface area contributed by atoms with Gasteiger partial charge in [-0.1, -0.05) is 6.07 Å². The van der Waals surface area contributed by atoms with Gasteiger partial charge in [-0.2, -0.15) is 5.10 Å². The average Bonchev–Trinajstić information content (AvgIpc) is 3.19. The van der Waals surface area contributed by atoms with Crippen molar-refractivity contribution < 1.29 is 9.47 Å². The summed E-state index contributed by atoms with van der Waals surface area (Å²) < 4.78 is 14.5. The first-order valence-electron chi connectivity index (χ1n) is 7.04. The number of aryl methyl sites for hydroxylation is 1. The smallest absolute Gasteiger partial charge is 0.229 e. The minimum atomic E-state index is 0.563. The summed E-state index contributed by atoms with van der Waals surface area (Å²) in [6.45, 7) is 0. The Morgan fingerprint density at radius 2 is 1.74 bits per heavy atom. The first kappa shape index (κ1) is 14.9. The van der Waals surface area contributed by atoms with E-state index in [4.69, 9.17) is 9.47 Å². The summed E-state index contributed by atoms with van der Waals surface area (Å²) >= 11 is 0. The van der Waals surface area contributed by atoms with Gasteiger partial charge in [0.1, 0.15) is 22.9 Å². The van der Waals surface area contributed by atoms with Crippen molar-refractivity contribution in [1.82, 2.24) is 24.5 Å². The zero-order chi connectivity index (χ0) is 16.4. The molecule has 0 fully saturated rings. The molecule has 0 amide bonds. The Bertz CT molecular complexity index is 801. The highest BCUT2D eigenvalue weighted by Gasteiger charge is 2.22. The molecule has 3 rings (SSSR count). The van der Waals surface area contributed by atoms with Crippen molar-refractivity contribution in [2.45, 2.75) is 0 Å². The van der Waals surface area contributed by atoms with Gasteiger partial charge in [0.05, 0.1) is 14.2 Å². The number of hydrogen-bond acceptors (Lipinski definition) is 6. The van der Waals surface area contributed by atoms with Crippen molar-refractivity contribution in [3.8, 4) is 28.7 Å². The highest BCUT2D eigenvalue weighted by atomic mass is 16.5. The lowest BCUT2D eigenvalue weighted by Crippen LogP contribution is -2.07. The molecule has 1 N–H and O–H groups in total. The van der Waals surface area contributed by atoms with Gasteiger partial charge in [-0.3, -0.25) is 9.25 Å². The van der Waals surface area contributed by atoms with Crippen LogP contribution in [0.4, 0.5) is 5.95 Å². The van der Waals surface area contributed by atoms with E-state index in [1.807, 2.05) is 42.1 Å². The monoisotopic (exact) mass is 314 g/mol. The molecule has 0 spiro atoms. The molecule has 0 atom stereocenters. The summed E-state index contributed by atoms with van der Waals surface area (Å²) in [6, 6.07) is 7.46. The second-order valence-corrected chi connectivity index (χ2v) is 4.82. The Morgan fingerprint density at radius 3 is 2.26 bits per heavy atom. The van der Waals surface area contributed by atoms with E-state index in [2.05, 4.69) is 20.6 Å². The molecule has 0 saturated heterocycles. The molecule has 1 aromatic carbocycles. The van der Waals surface area contributed by atoms with E-state index < -0.39 is 0 Å². The van der Waals surface area contributed by atoms with E-state index in [1.54, 1.807) is 25.9 Å². The Hall–Kier alpha value is -3.03. The maximum absolute atomic E-state index is 5.50. The molecule has 2 aromatic heterocycles. The topological polar surface area (TPSA) is 79.0 Å². The molecule has 8 heteroatoms. The Labute approximate surface area is 133 Å². The number of rotatable bonds is 5. The number of aromatic nitrogens is 5. The lowest BCUT2D eigenvalue weighted by atomic mass is 10.2. The molecular weight excluding hydrogens is 296 g/mol. The molecule has 0 aliphatic heterocycles. The summed E-state index contributed by atoms with van der Waals surface area (Å²) in [5.41, 5.74) is 1.42. The molecule has 8 nitrogen and oxygen atoms in total. The van der Waals surface area contributed by atoms with Gasteiger partial charge < -0.3 is 14.8 Å². The molecule has 0 aliphatic carbocycles. The number of ether oxygens (including phenoxy) is 2. The van der Waals surface area contributed by atoms with Crippen LogP contribution in [0.5, 0.6) is 11.5 Å². The minimum absolute atomic E-state index is 0.563. The van der Waals surface area contributed by atoms with Crippen LogP contribution >= 0.6 is 0 Å². The first-order chi connectivity index (χ1) is 11.2. The molecule has 0 radical (unpaired) electrons. The van der Waals surface area contributed by atoms with E-state index in [1.165, 1.54) is 0 Å². The van der Waals surface area contributed by atoms with Crippen molar-refractivity contribution in [2.75, 3.05) is 26.6 Å². The number of hydrogen-bond donors (Lipinski definition) is 1. The van der Waals surface area contributed by atoms with Crippen molar-refractivity contribution in [2.24, 2.45) is 7.05 Å². The van der Waals surface area contributed by atoms with Crippen LogP contribution < -0.4 is 14.8 Å². The van der Waals surface area contributed by atoms with Gasteiger partial charge in [-0.05, 0) is 18.2 Å². The van der Waals surface area contributed by atoms with Gasteiger partial charge in [0.2, 0.25) is 5.95 Å². The lowest BCUT2D eigenvalue weighted by Gasteiger charge is -2.16. The zero-order valence-corrected chi connectivity index (χ0v) is 13.4. The van der Waals surface area contributed by atoms with Crippen LogP contribution in [0.3, 0.4) is 0 Å². The zero-order valence-electron chi connectivity index (χ0n) is 13.4. The number of methoxy groups -OCH3 is 2.